The number of nitrogens with zero attached hydrogens (tertiary/aromatic N) is 3. The highest BCUT2D eigenvalue weighted by Gasteiger charge is 2.24. The van der Waals surface area contributed by atoms with E-state index in [1.54, 1.807) is 0 Å². The molecule has 1 aliphatic rings. The molecule has 1 fully saturated rings. The van der Waals surface area contributed by atoms with E-state index in [0.717, 1.165) is 25.9 Å². The number of amides is 1. The number of aromatic nitrogens is 2. The van der Waals surface area contributed by atoms with Crippen molar-refractivity contribution < 1.29 is 4.79 Å². The van der Waals surface area contributed by atoms with E-state index < -0.39 is 0 Å². The van der Waals surface area contributed by atoms with E-state index in [1.807, 2.05) is 29.0 Å². The second-order valence-electron chi connectivity index (χ2n) is 4.27. The highest BCUT2D eigenvalue weighted by Crippen LogP contribution is 2.26. The summed E-state index contributed by atoms with van der Waals surface area (Å²) in [5.41, 5.74) is 1.23. The minimum atomic E-state index is 0.0357. The van der Waals surface area contributed by atoms with Gasteiger partial charge in [0, 0.05) is 32.3 Å². The molecule has 0 spiro atoms. The van der Waals surface area contributed by atoms with E-state index in [9.17, 15) is 4.79 Å². The van der Waals surface area contributed by atoms with Crippen molar-refractivity contribution in [3.63, 3.8) is 0 Å². The second-order valence-corrected chi connectivity index (χ2v) is 4.27. The molecule has 1 saturated heterocycles. The van der Waals surface area contributed by atoms with Gasteiger partial charge in [-0.25, -0.2) is 0 Å². The van der Waals surface area contributed by atoms with Gasteiger partial charge in [0.25, 0.3) is 0 Å². The molecule has 2 heterocycles. The van der Waals surface area contributed by atoms with Crippen LogP contribution < -0.4 is 0 Å². The molecule has 0 N–H and O–H groups in total. The Hall–Kier alpha value is -1.58. The van der Waals surface area contributed by atoms with Gasteiger partial charge in [-0.05, 0) is 24.5 Å². The lowest BCUT2D eigenvalue weighted by Crippen LogP contribution is -2.37. The fraction of sp³-hybridized carbons (Fsp3) is 0.500. The predicted octanol–water partition coefficient (Wildman–Crippen LogP) is 1.31. The van der Waals surface area contributed by atoms with Crippen LogP contribution in [0.15, 0.2) is 25.0 Å². The zero-order valence-electron chi connectivity index (χ0n) is 9.59. The standard InChI is InChI=1S/C12H17N3O/c1-3-12(16)15-6-4-5-10(9-15)11-7-13-14(2)8-11/h3,7-8,10H,1,4-6,9H2,2H3/t10-/m0/s1. The summed E-state index contributed by atoms with van der Waals surface area (Å²) in [5, 5.41) is 4.17. The van der Waals surface area contributed by atoms with Crippen molar-refractivity contribution in [1.82, 2.24) is 14.7 Å². The van der Waals surface area contributed by atoms with Crippen LogP contribution in [0.1, 0.15) is 24.3 Å². The summed E-state index contributed by atoms with van der Waals surface area (Å²) in [5.74, 6) is 0.458. The zero-order chi connectivity index (χ0) is 11.5. The molecule has 1 aromatic rings. The Morgan fingerprint density at radius 2 is 2.50 bits per heavy atom. The maximum atomic E-state index is 11.5. The molecule has 2 rings (SSSR count). The third-order valence-corrected chi connectivity index (χ3v) is 3.10. The molecule has 0 radical (unpaired) electrons. The Morgan fingerprint density at radius 1 is 1.69 bits per heavy atom. The van der Waals surface area contributed by atoms with E-state index in [1.165, 1.54) is 11.6 Å². The minimum absolute atomic E-state index is 0.0357. The molecule has 86 valence electrons. The van der Waals surface area contributed by atoms with Crippen molar-refractivity contribution in [2.45, 2.75) is 18.8 Å². The van der Waals surface area contributed by atoms with Gasteiger partial charge < -0.3 is 4.90 Å². The summed E-state index contributed by atoms with van der Waals surface area (Å²) in [6.07, 6.45) is 7.51. The quantitative estimate of drug-likeness (QED) is 0.703. The van der Waals surface area contributed by atoms with Crippen molar-refractivity contribution in [2.75, 3.05) is 13.1 Å². The summed E-state index contributed by atoms with van der Waals surface area (Å²) in [7, 11) is 1.92. The zero-order valence-corrected chi connectivity index (χ0v) is 9.59. The molecule has 0 bridgehead atoms. The number of rotatable bonds is 2. The molecule has 16 heavy (non-hydrogen) atoms. The highest BCUT2D eigenvalue weighted by atomic mass is 16.2. The topological polar surface area (TPSA) is 38.1 Å². The van der Waals surface area contributed by atoms with Crippen LogP contribution in [0.4, 0.5) is 0 Å². The molecule has 1 atom stereocenters. The Labute approximate surface area is 95.5 Å². The summed E-state index contributed by atoms with van der Waals surface area (Å²) in [6, 6.07) is 0. The number of piperidine rings is 1. The van der Waals surface area contributed by atoms with Gasteiger partial charge in [-0.1, -0.05) is 6.58 Å². The lowest BCUT2D eigenvalue weighted by molar-refractivity contribution is -0.127. The molecular weight excluding hydrogens is 202 g/mol. The number of hydrogen-bond donors (Lipinski definition) is 0. The first-order valence-corrected chi connectivity index (χ1v) is 5.60. The van der Waals surface area contributed by atoms with Crippen LogP contribution in [-0.2, 0) is 11.8 Å². The average Bonchev–Trinajstić information content (AvgIpc) is 2.75. The summed E-state index contributed by atoms with van der Waals surface area (Å²) < 4.78 is 1.81. The third-order valence-electron chi connectivity index (χ3n) is 3.10. The second kappa shape index (κ2) is 4.51. The van der Waals surface area contributed by atoms with Crippen LogP contribution >= 0.6 is 0 Å². The molecule has 4 heteroatoms. The maximum absolute atomic E-state index is 11.5. The number of aryl methyl sites for hydroxylation is 1. The number of carbonyl (C=O) groups is 1. The van der Waals surface area contributed by atoms with Gasteiger partial charge in [0.15, 0.2) is 0 Å². The van der Waals surface area contributed by atoms with Gasteiger partial charge >= 0.3 is 0 Å². The van der Waals surface area contributed by atoms with E-state index in [2.05, 4.69) is 11.7 Å². The van der Waals surface area contributed by atoms with E-state index in [0.29, 0.717) is 5.92 Å². The van der Waals surface area contributed by atoms with Gasteiger partial charge in [0.05, 0.1) is 6.20 Å². The number of hydrogen-bond acceptors (Lipinski definition) is 2. The molecule has 4 nitrogen and oxygen atoms in total. The van der Waals surface area contributed by atoms with Crippen molar-refractivity contribution >= 4 is 5.91 Å². The molecule has 1 aromatic heterocycles. The summed E-state index contributed by atoms with van der Waals surface area (Å²) >= 11 is 0. The lowest BCUT2D eigenvalue weighted by Gasteiger charge is -2.31. The largest absolute Gasteiger partial charge is 0.339 e. The first-order valence-electron chi connectivity index (χ1n) is 5.60. The van der Waals surface area contributed by atoms with Crippen LogP contribution in [0.5, 0.6) is 0 Å². The molecule has 0 aromatic carbocycles. The Kier molecular flexibility index (Phi) is 3.08. The van der Waals surface area contributed by atoms with Crippen molar-refractivity contribution in [3.05, 3.63) is 30.6 Å². The highest BCUT2D eigenvalue weighted by molar-refractivity contribution is 5.87. The molecule has 1 aliphatic heterocycles. The SMILES string of the molecule is C=CC(=O)N1CCC[C@H](c2cnn(C)c2)C1. The molecule has 0 aliphatic carbocycles. The van der Waals surface area contributed by atoms with Crippen LogP contribution in [-0.4, -0.2) is 33.7 Å². The minimum Gasteiger partial charge on any atom is -0.339 e. The van der Waals surface area contributed by atoms with E-state index in [-0.39, 0.29) is 5.91 Å². The molecular formula is C12H17N3O. The van der Waals surface area contributed by atoms with Gasteiger partial charge in [0.1, 0.15) is 0 Å². The first kappa shape index (κ1) is 10.9. The first-order chi connectivity index (χ1) is 7.70. The van der Waals surface area contributed by atoms with Gasteiger partial charge in [-0.15, -0.1) is 0 Å². The van der Waals surface area contributed by atoms with Crippen molar-refractivity contribution in [2.24, 2.45) is 7.05 Å². The normalized spacial score (nSPS) is 20.8. The Morgan fingerprint density at radius 3 is 3.12 bits per heavy atom. The number of likely N-dealkylation sites (tertiary alicyclic amines) is 1. The fourth-order valence-corrected chi connectivity index (χ4v) is 2.23. The third kappa shape index (κ3) is 2.15. The van der Waals surface area contributed by atoms with Crippen LogP contribution in [0.25, 0.3) is 0 Å². The molecule has 0 saturated carbocycles. The van der Waals surface area contributed by atoms with E-state index in [4.69, 9.17) is 0 Å². The van der Waals surface area contributed by atoms with Crippen LogP contribution in [0.3, 0.4) is 0 Å². The van der Waals surface area contributed by atoms with Crippen molar-refractivity contribution in [3.8, 4) is 0 Å². The predicted molar refractivity (Wildman–Crippen MR) is 62.0 cm³/mol. The molecule has 1 amide bonds. The van der Waals surface area contributed by atoms with Gasteiger partial charge in [-0.3, -0.25) is 9.48 Å². The average molecular weight is 219 g/mol. The Bertz CT molecular complexity index is 397. The van der Waals surface area contributed by atoms with Crippen LogP contribution in [0.2, 0.25) is 0 Å². The van der Waals surface area contributed by atoms with Gasteiger partial charge in [0.2, 0.25) is 5.91 Å². The smallest absolute Gasteiger partial charge is 0.245 e. The molecule has 0 unspecified atom stereocenters. The monoisotopic (exact) mass is 219 g/mol. The summed E-state index contributed by atoms with van der Waals surface area (Å²) in [4.78, 5) is 13.4. The van der Waals surface area contributed by atoms with E-state index >= 15 is 0 Å². The van der Waals surface area contributed by atoms with Crippen LogP contribution in [0, 0.1) is 0 Å². The number of carbonyl (C=O) groups excluding carboxylic acids is 1. The fourth-order valence-electron chi connectivity index (χ4n) is 2.23. The summed E-state index contributed by atoms with van der Waals surface area (Å²) in [6.45, 7) is 5.17. The van der Waals surface area contributed by atoms with Gasteiger partial charge in [-0.2, -0.15) is 5.10 Å². The maximum Gasteiger partial charge on any atom is 0.245 e. The van der Waals surface area contributed by atoms with Crippen molar-refractivity contribution in [1.29, 1.82) is 0 Å². The lowest BCUT2D eigenvalue weighted by atomic mass is 9.93. The Balaban J connectivity index is 2.07.